The summed E-state index contributed by atoms with van der Waals surface area (Å²) < 4.78 is 6.41. The molecule has 0 radical (unpaired) electrons. The van der Waals surface area contributed by atoms with Crippen molar-refractivity contribution in [3.8, 4) is 5.75 Å². The highest BCUT2D eigenvalue weighted by atomic mass is 79.9. The minimum atomic E-state index is -0.133. The van der Waals surface area contributed by atoms with Gasteiger partial charge in [0, 0.05) is 15.5 Å². The third kappa shape index (κ3) is 3.27. The predicted molar refractivity (Wildman–Crippen MR) is 101 cm³/mol. The highest BCUT2D eigenvalue weighted by Crippen LogP contribution is 2.57. The van der Waals surface area contributed by atoms with Crippen LogP contribution >= 0.6 is 27.5 Å². The number of hydrogen-bond donors (Lipinski definition) is 1. The van der Waals surface area contributed by atoms with Gasteiger partial charge in [0.15, 0.2) is 0 Å². The highest BCUT2D eigenvalue weighted by molar-refractivity contribution is 9.11. The van der Waals surface area contributed by atoms with E-state index in [0.29, 0.717) is 28.2 Å². The van der Waals surface area contributed by atoms with Gasteiger partial charge >= 0.3 is 0 Å². The Morgan fingerprint density at radius 1 is 1.42 bits per heavy atom. The second kappa shape index (κ2) is 6.57. The average molecular weight is 411 g/mol. The molecule has 3 rings (SSSR count). The number of hydrogen-bond acceptors (Lipinski definition) is 2. The zero-order valence-corrected chi connectivity index (χ0v) is 16.3. The van der Waals surface area contributed by atoms with Gasteiger partial charge in [0.1, 0.15) is 5.75 Å². The number of carbonyl (C=O) groups is 1. The Morgan fingerprint density at radius 2 is 2.17 bits per heavy atom. The van der Waals surface area contributed by atoms with Crippen LogP contribution in [0.2, 0.25) is 5.02 Å². The molecular formula is C19H21BrClNO2. The van der Waals surface area contributed by atoms with Gasteiger partial charge in [-0.05, 0) is 41.9 Å². The molecule has 1 N–H and O–H groups in total. The summed E-state index contributed by atoms with van der Waals surface area (Å²) >= 11 is 9.54. The maximum absolute atomic E-state index is 12.7. The number of ether oxygens (including phenoxy) is 1. The lowest BCUT2D eigenvalue weighted by molar-refractivity contribution is 0.0941. The molecule has 1 fully saturated rings. The SMILES string of the molecule is COc1ccc(Cl)cc1C(=O)N[C@H]1[C@H](C2C=CC(Br)=CC2)C1(C)C. The summed E-state index contributed by atoms with van der Waals surface area (Å²) in [6.45, 7) is 4.41. The maximum atomic E-state index is 12.7. The number of amides is 1. The van der Waals surface area contributed by atoms with Crippen molar-refractivity contribution in [3.63, 3.8) is 0 Å². The lowest BCUT2D eigenvalue weighted by Gasteiger charge is -2.15. The summed E-state index contributed by atoms with van der Waals surface area (Å²) in [5.41, 5.74) is 0.557. The Hall–Kier alpha value is -1.26. The van der Waals surface area contributed by atoms with Gasteiger partial charge in [-0.2, -0.15) is 0 Å². The molecule has 5 heteroatoms. The van der Waals surface area contributed by atoms with E-state index >= 15 is 0 Å². The Labute approximate surface area is 156 Å². The van der Waals surface area contributed by atoms with Crippen LogP contribution < -0.4 is 10.1 Å². The van der Waals surface area contributed by atoms with E-state index in [-0.39, 0.29) is 17.4 Å². The average Bonchev–Trinajstić information content (AvgIpc) is 3.08. The maximum Gasteiger partial charge on any atom is 0.255 e. The Morgan fingerprint density at radius 3 is 2.79 bits per heavy atom. The topological polar surface area (TPSA) is 38.3 Å². The van der Waals surface area contributed by atoms with Crippen LogP contribution in [0.5, 0.6) is 5.75 Å². The standard InChI is InChI=1S/C19H21BrClNO2/c1-19(2)16(11-4-6-12(20)7-5-11)17(19)22-18(23)14-10-13(21)8-9-15(14)24-3/h4,6-11,16-17H,5H2,1-3H3,(H,22,23)/t11?,16-,17-/m0/s1. The summed E-state index contributed by atoms with van der Waals surface area (Å²) in [6.07, 6.45) is 7.53. The van der Waals surface area contributed by atoms with Crippen LogP contribution in [0.1, 0.15) is 30.6 Å². The molecule has 24 heavy (non-hydrogen) atoms. The van der Waals surface area contributed by atoms with Crippen LogP contribution in [-0.2, 0) is 0 Å². The van der Waals surface area contributed by atoms with Crippen molar-refractivity contribution in [3.05, 3.63) is 51.5 Å². The van der Waals surface area contributed by atoms with Crippen molar-refractivity contribution in [1.82, 2.24) is 5.32 Å². The van der Waals surface area contributed by atoms with Gasteiger partial charge in [0.2, 0.25) is 0 Å². The fourth-order valence-corrected chi connectivity index (χ4v) is 4.22. The van der Waals surface area contributed by atoms with Gasteiger partial charge in [0.25, 0.3) is 5.91 Å². The van der Waals surface area contributed by atoms with Crippen LogP contribution in [0.3, 0.4) is 0 Å². The van der Waals surface area contributed by atoms with E-state index in [9.17, 15) is 4.79 Å². The van der Waals surface area contributed by atoms with E-state index in [2.05, 4.69) is 53.3 Å². The van der Waals surface area contributed by atoms with E-state index in [1.807, 2.05) is 0 Å². The van der Waals surface area contributed by atoms with Crippen molar-refractivity contribution in [2.75, 3.05) is 7.11 Å². The molecule has 0 aromatic heterocycles. The largest absolute Gasteiger partial charge is 0.496 e. The predicted octanol–water partition coefficient (Wildman–Crippen LogP) is 4.96. The van der Waals surface area contributed by atoms with Gasteiger partial charge in [-0.3, -0.25) is 4.79 Å². The molecule has 128 valence electrons. The molecule has 0 saturated heterocycles. The first-order chi connectivity index (χ1) is 11.3. The van der Waals surface area contributed by atoms with Gasteiger partial charge < -0.3 is 10.1 Å². The molecule has 0 bridgehead atoms. The first kappa shape index (κ1) is 17.6. The normalized spacial score (nSPS) is 27.4. The molecule has 0 aliphatic heterocycles. The van der Waals surface area contributed by atoms with Gasteiger partial charge in [-0.25, -0.2) is 0 Å². The molecule has 1 amide bonds. The number of allylic oxidation sites excluding steroid dienone is 4. The summed E-state index contributed by atoms with van der Waals surface area (Å²) in [7, 11) is 1.56. The van der Waals surface area contributed by atoms with Gasteiger partial charge in [-0.1, -0.05) is 59.6 Å². The van der Waals surface area contributed by atoms with E-state index in [1.165, 1.54) is 0 Å². The number of methoxy groups -OCH3 is 1. The lowest BCUT2D eigenvalue weighted by Crippen LogP contribution is -2.29. The Balaban J connectivity index is 1.73. The van der Waals surface area contributed by atoms with Crippen molar-refractivity contribution in [2.24, 2.45) is 17.3 Å². The molecule has 2 aliphatic carbocycles. The number of benzene rings is 1. The quantitative estimate of drug-likeness (QED) is 0.762. The molecule has 3 nitrogen and oxygen atoms in total. The molecule has 3 atom stereocenters. The molecule has 1 unspecified atom stereocenters. The van der Waals surface area contributed by atoms with Gasteiger partial charge in [-0.15, -0.1) is 0 Å². The molecule has 0 heterocycles. The number of nitrogens with one attached hydrogen (secondary N) is 1. The van der Waals surface area contributed by atoms with E-state index < -0.39 is 0 Å². The second-order valence-electron chi connectivity index (χ2n) is 6.99. The van der Waals surface area contributed by atoms with Crippen LogP contribution in [0.25, 0.3) is 0 Å². The van der Waals surface area contributed by atoms with Crippen LogP contribution in [0.4, 0.5) is 0 Å². The zero-order chi connectivity index (χ0) is 17.5. The molecule has 1 aromatic rings. The number of carbonyl (C=O) groups excluding carboxylic acids is 1. The van der Waals surface area contributed by atoms with Crippen molar-refractivity contribution >= 4 is 33.4 Å². The minimum absolute atomic E-state index is 0.0775. The summed E-state index contributed by atoms with van der Waals surface area (Å²) in [4.78, 5) is 12.7. The molecule has 2 aliphatic rings. The molecule has 0 spiro atoms. The highest BCUT2D eigenvalue weighted by Gasteiger charge is 2.60. The molecular weight excluding hydrogens is 390 g/mol. The smallest absolute Gasteiger partial charge is 0.255 e. The second-order valence-corrected chi connectivity index (χ2v) is 8.34. The third-order valence-corrected chi connectivity index (χ3v) is 5.98. The lowest BCUT2D eigenvalue weighted by atomic mass is 9.91. The first-order valence-corrected chi connectivity index (χ1v) is 9.20. The fourth-order valence-electron chi connectivity index (χ4n) is 3.71. The van der Waals surface area contributed by atoms with E-state index in [0.717, 1.165) is 10.9 Å². The Kier molecular flexibility index (Phi) is 4.80. The molecule has 1 saturated carbocycles. The first-order valence-electron chi connectivity index (χ1n) is 8.03. The van der Waals surface area contributed by atoms with Gasteiger partial charge in [0.05, 0.1) is 12.7 Å². The van der Waals surface area contributed by atoms with Crippen molar-refractivity contribution < 1.29 is 9.53 Å². The monoisotopic (exact) mass is 409 g/mol. The van der Waals surface area contributed by atoms with Crippen molar-refractivity contribution in [1.29, 1.82) is 0 Å². The van der Waals surface area contributed by atoms with E-state index in [4.69, 9.17) is 16.3 Å². The van der Waals surface area contributed by atoms with Crippen molar-refractivity contribution in [2.45, 2.75) is 26.3 Å². The Bertz CT molecular complexity index is 726. The zero-order valence-electron chi connectivity index (χ0n) is 14.0. The van der Waals surface area contributed by atoms with E-state index in [1.54, 1.807) is 25.3 Å². The van der Waals surface area contributed by atoms with Crippen LogP contribution in [-0.4, -0.2) is 19.1 Å². The fraction of sp³-hybridized carbons (Fsp3) is 0.421. The number of rotatable bonds is 4. The summed E-state index contributed by atoms with van der Waals surface area (Å²) in [5, 5.41) is 3.70. The summed E-state index contributed by atoms with van der Waals surface area (Å²) in [6, 6.07) is 5.24. The minimum Gasteiger partial charge on any atom is -0.496 e. The number of halogens is 2. The third-order valence-electron chi connectivity index (χ3n) is 5.15. The summed E-state index contributed by atoms with van der Waals surface area (Å²) in [5.74, 6) is 1.29. The van der Waals surface area contributed by atoms with Crippen LogP contribution in [0.15, 0.2) is 40.9 Å². The molecule has 1 aromatic carbocycles. The van der Waals surface area contributed by atoms with Crippen LogP contribution in [0, 0.1) is 17.3 Å².